The summed E-state index contributed by atoms with van der Waals surface area (Å²) in [4.78, 5) is 0. The van der Waals surface area contributed by atoms with Gasteiger partial charge in [-0.25, -0.2) is 4.68 Å². The molecule has 0 aliphatic rings. The minimum absolute atomic E-state index is 0.807. The second kappa shape index (κ2) is 7.31. The second-order valence-electron chi connectivity index (χ2n) is 5.13. The summed E-state index contributed by atoms with van der Waals surface area (Å²) in [5, 5.41) is 16.6. The third kappa shape index (κ3) is 3.47. The Bertz CT molecular complexity index is 571. The molecule has 0 fully saturated rings. The van der Waals surface area contributed by atoms with Crippen LogP contribution < -0.4 is 5.32 Å². The van der Waals surface area contributed by atoms with E-state index in [9.17, 15) is 0 Å². The minimum Gasteiger partial charge on any atom is -0.317 e. The Hall–Kier alpha value is -1.75. The average molecular weight is 287 g/mol. The topological polar surface area (TPSA) is 55.6 Å². The molecule has 0 radical (unpaired) electrons. The highest BCUT2D eigenvalue weighted by Gasteiger charge is 2.16. The smallest absolute Gasteiger partial charge is 0.175 e. The Morgan fingerprint density at radius 3 is 2.48 bits per heavy atom. The van der Waals surface area contributed by atoms with Crippen molar-refractivity contribution in [3.05, 3.63) is 34.8 Å². The normalized spacial score (nSPS) is 11.0. The Morgan fingerprint density at radius 2 is 1.90 bits per heavy atom. The predicted molar refractivity (Wildman–Crippen MR) is 84.9 cm³/mol. The lowest BCUT2D eigenvalue weighted by molar-refractivity contribution is 0.708. The molecule has 0 unspecified atom stereocenters. The van der Waals surface area contributed by atoms with Gasteiger partial charge in [0.25, 0.3) is 0 Å². The van der Waals surface area contributed by atoms with Crippen molar-refractivity contribution in [3.63, 3.8) is 0 Å². The van der Waals surface area contributed by atoms with Crippen LogP contribution in [0.3, 0.4) is 0 Å². The van der Waals surface area contributed by atoms with Gasteiger partial charge in [-0.05, 0) is 57.0 Å². The predicted octanol–water partition coefficient (Wildman–Crippen LogP) is 2.25. The molecule has 0 aliphatic carbocycles. The van der Waals surface area contributed by atoms with Gasteiger partial charge in [0.05, 0.1) is 11.4 Å². The number of aromatic nitrogens is 4. The van der Waals surface area contributed by atoms with Crippen molar-refractivity contribution in [3.8, 4) is 5.82 Å². The van der Waals surface area contributed by atoms with E-state index in [-0.39, 0.29) is 0 Å². The van der Waals surface area contributed by atoms with E-state index in [0.29, 0.717) is 0 Å². The molecule has 1 N–H and O–H groups in total. The third-order valence-electron chi connectivity index (χ3n) is 3.65. The van der Waals surface area contributed by atoms with Gasteiger partial charge >= 0.3 is 0 Å². The van der Waals surface area contributed by atoms with Crippen LogP contribution in [0.4, 0.5) is 0 Å². The number of rotatable bonds is 7. The molecule has 114 valence electrons. The third-order valence-corrected chi connectivity index (χ3v) is 3.65. The molecule has 2 heterocycles. The lowest BCUT2D eigenvalue weighted by Crippen LogP contribution is -2.17. The van der Waals surface area contributed by atoms with E-state index < -0.39 is 0 Å². The summed E-state index contributed by atoms with van der Waals surface area (Å²) in [7, 11) is 0. The average Bonchev–Trinajstić information content (AvgIpc) is 2.86. The van der Waals surface area contributed by atoms with Crippen LogP contribution in [-0.4, -0.2) is 33.1 Å². The number of aryl methyl sites for hydroxylation is 2. The molecule has 2 aromatic heterocycles. The van der Waals surface area contributed by atoms with Crippen molar-refractivity contribution in [2.75, 3.05) is 13.1 Å². The van der Waals surface area contributed by atoms with Crippen LogP contribution in [0.15, 0.2) is 12.1 Å². The van der Waals surface area contributed by atoms with Gasteiger partial charge in [0.2, 0.25) is 0 Å². The number of nitrogens with zero attached hydrogens (tertiary/aromatic N) is 4. The van der Waals surface area contributed by atoms with E-state index >= 15 is 0 Å². The van der Waals surface area contributed by atoms with Crippen molar-refractivity contribution in [1.82, 2.24) is 25.3 Å². The van der Waals surface area contributed by atoms with Crippen molar-refractivity contribution in [1.29, 1.82) is 0 Å². The SMILES string of the molecule is CCNCCc1c(CC)nn(-c2ccc(C)nn2)c1CC. The first-order chi connectivity index (χ1) is 10.2. The molecule has 5 heteroatoms. The molecule has 5 nitrogen and oxygen atoms in total. The fourth-order valence-electron chi connectivity index (χ4n) is 2.56. The summed E-state index contributed by atoms with van der Waals surface area (Å²) in [5.74, 6) is 0.807. The van der Waals surface area contributed by atoms with Gasteiger partial charge in [-0.2, -0.15) is 10.2 Å². The summed E-state index contributed by atoms with van der Waals surface area (Å²) in [6.45, 7) is 10.4. The Kier molecular flexibility index (Phi) is 5.44. The van der Waals surface area contributed by atoms with E-state index in [0.717, 1.165) is 43.9 Å². The van der Waals surface area contributed by atoms with E-state index in [1.807, 2.05) is 23.7 Å². The number of hydrogen-bond donors (Lipinski definition) is 1. The lowest BCUT2D eigenvalue weighted by atomic mass is 10.1. The van der Waals surface area contributed by atoms with Gasteiger partial charge < -0.3 is 5.32 Å². The van der Waals surface area contributed by atoms with Crippen LogP contribution in [0.2, 0.25) is 0 Å². The van der Waals surface area contributed by atoms with Gasteiger partial charge in [-0.1, -0.05) is 20.8 Å². The Balaban J connectivity index is 2.39. The second-order valence-corrected chi connectivity index (χ2v) is 5.13. The highest BCUT2D eigenvalue weighted by Crippen LogP contribution is 2.19. The summed E-state index contributed by atoms with van der Waals surface area (Å²) >= 11 is 0. The Labute approximate surface area is 126 Å². The van der Waals surface area contributed by atoms with Crippen LogP contribution in [-0.2, 0) is 19.3 Å². The van der Waals surface area contributed by atoms with Crippen molar-refractivity contribution < 1.29 is 0 Å². The minimum atomic E-state index is 0.807. The largest absolute Gasteiger partial charge is 0.317 e. The molecule has 0 aliphatic heterocycles. The standard InChI is InChI=1S/C16H25N5/c1-5-14-13(10-11-17-7-3)15(6-2)21(20-14)16-9-8-12(4)18-19-16/h8-9,17H,5-7,10-11H2,1-4H3. The number of likely N-dealkylation sites (N-methyl/N-ethyl adjacent to an activating group) is 1. The zero-order valence-corrected chi connectivity index (χ0v) is 13.5. The van der Waals surface area contributed by atoms with Crippen LogP contribution in [0.25, 0.3) is 5.82 Å². The monoisotopic (exact) mass is 287 g/mol. The van der Waals surface area contributed by atoms with Crippen molar-refractivity contribution in [2.45, 2.75) is 47.0 Å². The fraction of sp³-hybridized carbons (Fsp3) is 0.562. The molecule has 0 atom stereocenters. The lowest BCUT2D eigenvalue weighted by Gasteiger charge is -2.07. The van der Waals surface area contributed by atoms with E-state index in [2.05, 4.69) is 36.3 Å². The van der Waals surface area contributed by atoms with Gasteiger partial charge in [0, 0.05) is 5.69 Å². The maximum atomic E-state index is 4.76. The highest BCUT2D eigenvalue weighted by molar-refractivity contribution is 5.34. The van der Waals surface area contributed by atoms with Crippen LogP contribution >= 0.6 is 0 Å². The quantitative estimate of drug-likeness (QED) is 0.794. The van der Waals surface area contributed by atoms with Crippen LogP contribution in [0.5, 0.6) is 0 Å². The zero-order valence-electron chi connectivity index (χ0n) is 13.5. The summed E-state index contributed by atoms with van der Waals surface area (Å²) < 4.78 is 1.96. The molecule has 2 rings (SSSR count). The van der Waals surface area contributed by atoms with E-state index in [1.165, 1.54) is 17.0 Å². The van der Waals surface area contributed by atoms with Gasteiger partial charge in [0.1, 0.15) is 0 Å². The van der Waals surface area contributed by atoms with Crippen LogP contribution in [0.1, 0.15) is 43.4 Å². The molecule has 21 heavy (non-hydrogen) atoms. The number of hydrogen-bond acceptors (Lipinski definition) is 4. The molecule has 2 aromatic rings. The van der Waals surface area contributed by atoms with E-state index in [1.54, 1.807) is 0 Å². The zero-order chi connectivity index (χ0) is 15.2. The van der Waals surface area contributed by atoms with Gasteiger partial charge in [-0.15, -0.1) is 5.10 Å². The number of nitrogens with one attached hydrogen (secondary N) is 1. The maximum Gasteiger partial charge on any atom is 0.175 e. The Morgan fingerprint density at radius 1 is 1.10 bits per heavy atom. The molecule has 0 saturated carbocycles. The van der Waals surface area contributed by atoms with Crippen molar-refractivity contribution in [2.24, 2.45) is 0 Å². The summed E-state index contributed by atoms with van der Waals surface area (Å²) in [5.41, 5.74) is 4.71. The fourth-order valence-corrected chi connectivity index (χ4v) is 2.56. The molecule has 0 saturated heterocycles. The van der Waals surface area contributed by atoms with Crippen LogP contribution in [0, 0.1) is 6.92 Å². The molecule has 0 aromatic carbocycles. The maximum absolute atomic E-state index is 4.76. The first kappa shape index (κ1) is 15.6. The van der Waals surface area contributed by atoms with Gasteiger partial charge in [0.15, 0.2) is 5.82 Å². The highest BCUT2D eigenvalue weighted by atomic mass is 15.3. The molecular weight excluding hydrogens is 262 g/mol. The van der Waals surface area contributed by atoms with Crippen molar-refractivity contribution >= 4 is 0 Å². The van der Waals surface area contributed by atoms with Gasteiger partial charge in [-0.3, -0.25) is 0 Å². The van der Waals surface area contributed by atoms with E-state index in [4.69, 9.17) is 5.10 Å². The first-order valence-corrected chi connectivity index (χ1v) is 7.82. The molecule has 0 bridgehead atoms. The summed E-state index contributed by atoms with van der Waals surface area (Å²) in [6.07, 6.45) is 2.91. The molecule has 0 amide bonds. The molecule has 0 spiro atoms. The molecular formula is C16H25N5. The summed E-state index contributed by atoms with van der Waals surface area (Å²) in [6, 6.07) is 3.97. The first-order valence-electron chi connectivity index (χ1n) is 7.82.